The van der Waals surface area contributed by atoms with Gasteiger partial charge >= 0.3 is 0 Å². The molecule has 0 spiro atoms. The lowest BCUT2D eigenvalue weighted by molar-refractivity contribution is 0.0958. The second-order valence-corrected chi connectivity index (χ2v) is 8.83. The van der Waals surface area contributed by atoms with Crippen molar-refractivity contribution in [2.75, 3.05) is 44.2 Å². The van der Waals surface area contributed by atoms with Crippen molar-refractivity contribution in [3.8, 4) is 11.3 Å². The van der Waals surface area contributed by atoms with Gasteiger partial charge in [0.25, 0.3) is 5.91 Å². The van der Waals surface area contributed by atoms with E-state index in [-0.39, 0.29) is 11.5 Å². The quantitative estimate of drug-likeness (QED) is 0.474. The summed E-state index contributed by atoms with van der Waals surface area (Å²) in [6.07, 6.45) is 4.05. The molecule has 0 bridgehead atoms. The second kappa shape index (κ2) is 11.4. The molecule has 2 heterocycles. The summed E-state index contributed by atoms with van der Waals surface area (Å²) in [6, 6.07) is 17.9. The molecule has 0 aliphatic carbocycles. The first-order chi connectivity index (χ1) is 16.5. The van der Waals surface area contributed by atoms with Crippen molar-refractivity contribution in [2.45, 2.75) is 0 Å². The minimum absolute atomic E-state index is 0.134. The number of nitrogens with one attached hydrogen (secondary N) is 2. The van der Waals surface area contributed by atoms with Crippen molar-refractivity contribution >= 4 is 34.8 Å². The van der Waals surface area contributed by atoms with E-state index in [0.717, 1.165) is 49.7 Å². The zero-order valence-electron chi connectivity index (χ0n) is 18.6. The Balaban J connectivity index is 1.19. The van der Waals surface area contributed by atoms with E-state index in [1.165, 1.54) is 6.07 Å². The van der Waals surface area contributed by atoms with Gasteiger partial charge in [0.05, 0.1) is 15.7 Å². The molecule has 1 aromatic heterocycles. The number of carbonyl (C=O) groups excluding carboxylic acids is 1. The van der Waals surface area contributed by atoms with Gasteiger partial charge in [0.1, 0.15) is 0 Å². The summed E-state index contributed by atoms with van der Waals surface area (Å²) >= 11 is 12.5. The van der Waals surface area contributed by atoms with Crippen LogP contribution in [0.15, 0.2) is 77.6 Å². The van der Waals surface area contributed by atoms with Crippen molar-refractivity contribution in [3.05, 3.63) is 98.8 Å². The number of piperazine rings is 1. The molecule has 3 aromatic rings. The Bertz CT molecular complexity index is 1220. The SMILES string of the molecule is O=C(NC/C=C/CN1CCN(c2cccc(Cl)c2Cl)CC1)c1ccc(-c2cccc(=O)[nH]2)cc1. The third kappa shape index (κ3) is 6.08. The Morgan fingerprint density at radius 3 is 2.41 bits per heavy atom. The Morgan fingerprint density at radius 1 is 0.941 bits per heavy atom. The van der Waals surface area contributed by atoms with Crippen LogP contribution in [0.2, 0.25) is 10.0 Å². The number of aromatic amines is 1. The summed E-state index contributed by atoms with van der Waals surface area (Å²) in [5.41, 5.74) is 2.98. The van der Waals surface area contributed by atoms with Crippen LogP contribution in [0, 0.1) is 0 Å². The van der Waals surface area contributed by atoms with E-state index in [0.29, 0.717) is 22.2 Å². The Hall–Kier alpha value is -3.06. The van der Waals surface area contributed by atoms with Gasteiger partial charge in [-0.3, -0.25) is 14.5 Å². The molecule has 0 radical (unpaired) electrons. The highest BCUT2D eigenvalue weighted by Crippen LogP contribution is 2.32. The molecule has 2 aromatic carbocycles. The third-order valence-electron chi connectivity index (χ3n) is 5.78. The van der Waals surface area contributed by atoms with Gasteiger partial charge in [0, 0.05) is 56.6 Å². The van der Waals surface area contributed by atoms with E-state index in [2.05, 4.69) is 26.2 Å². The number of hydrogen-bond acceptors (Lipinski definition) is 4. The van der Waals surface area contributed by atoms with Crippen LogP contribution in [0.3, 0.4) is 0 Å². The van der Waals surface area contributed by atoms with Crippen molar-refractivity contribution < 1.29 is 4.79 Å². The number of H-pyrrole nitrogens is 1. The van der Waals surface area contributed by atoms with Gasteiger partial charge in [-0.15, -0.1) is 0 Å². The van der Waals surface area contributed by atoms with Crippen molar-refractivity contribution in [2.24, 2.45) is 0 Å². The van der Waals surface area contributed by atoms with Crippen molar-refractivity contribution in [3.63, 3.8) is 0 Å². The number of aromatic nitrogens is 1. The molecule has 176 valence electrons. The van der Waals surface area contributed by atoms with Gasteiger partial charge in [0.2, 0.25) is 5.56 Å². The van der Waals surface area contributed by atoms with Gasteiger partial charge in [-0.25, -0.2) is 0 Å². The molecule has 0 saturated carbocycles. The van der Waals surface area contributed by atoms with Crippen molar-refractivity contribution in [1.82, 2.24) is 15.2 Å². The number of halogens is 2. The smallest absolute Gasteiger partial charge is 0.251 e. The highest BCUT2D eigenvalue weighted by atomic mass is 35.5. The summed E-state index contributed by atoms with van der Waals surface area (Å²) in [7, 11) is 0. The van der Waals surface area contributed by atoms with E-state index < -0.39 is 0 Å². The standard InChI is InChI=1S/C26H26Cl2N4O2/c27-21-5-3-7-23(25(21)28)32-17-15-31(16-18-32)14-2-1-13-29-26(34)20-11-9-19(10-12-20)22-6-4-8-24(33)30-22/h1-12H,13-18H2,(H,29,34)(H,30,33)/b2-1+. The van der Waals surface area contributed by atoms with Crippen LogP contribution >= 0.6 is 23.2 Å². The molecule has 1 fully saturated rings. The molecule has 1 saturated heterocycles. The van der Waals surface area contributed by atoms with Gasteiger partial charge in [-0.1, -0.05) is 59.6 Å². The molecule has 1 amide bonds. The van der Waals surface area contributed by atoms with E-state index in [9.17, 15) is 9.59 Å². The summed E-state index contributed by atoms with van der Waals surface area (Å²) in [6.45, 7) is 4.92. The third-order valence-corrected chi connectivity index (χ3v) is 6.59. The van der Waals surface area contributed by atoms with Crippen LogP contribution in [0.4, 0.5) is 5.69 Å². The fourth-order valence-corrected chi connectivity index (χ4v) is 4.30. The minimum Gasteiger partial charge on any atom is -0.368 e. The van der Waals surface area contributed by atoms with Crippen LogP contribution in [0.25, 0.3) is 11.3 Å². The summed E-state index contributed by atoms with van der Waals surface area (Å²) in [5.74, 6) is -0.134. The molecule has 2 N–H and O–H groups in total. The topological polar surface area (TPSA) is 68.4 Å². The molecule has 0 unspecified atom stereocenters. The van der Waals surface area contributed by atoms with Crippen LogP contribution in [0.5, 0.6) is 0 Å². The molecule has 8 heteroatoms. The molecular formula is C26H26Cl2N4O2. The van der Waals surface area contributed by atoms with Crippen LogP contribution in [0.1, 0.15) is 10.4 Å². The second-order valence-electron chi connectivity index (χ2n) is 8.05. The number of hydrogen-bond donors (Lipinski definition) is 2. The lowest BCUT2D eigenvalue weighted by Gasteiger charge is -2.36. The van der Waals surface area contributed by atoms with Crippen LogP contribution in [-0.4, -0.2) is 55.1 Å². The first kappa shape index (κ1) is 24.1. The van der Waals surface area contributed by atoms with E-state index in [1.807, 2.05) is 36.4 Å². The van der Waals surface area contributed by atoms with Gasteiger partial charge in [0.15, 0.2) is 0 Å². The average molecular weight is 497 g/mol. The van der Waals surface area contributed by atoms with Crippen LogP contribution in [-0.2, 0) is 0 Å². The number of rotatable bonds is 7. The van der Waals surface area contributed by atoms with E-state index in [4.69, 9.17) is 23.2 Å². The molecule has 1 aliphatic rings. The lowest BCUT2D eigenvalue weighted by Crippen LogP contribution is -2.46. The monoisotopic (exact) mass is 496 g/mol. The lowest BCUT2D eigenvalue weighted by atomic mass is 10.1. The highest BCUT2D eigenvalue weighted by molar-refractivity contribution is 6.43. The number of anilines is 1. The van der Waals surface area contributed by atoms with Gasteiger partial charge in [-0.05, 0) is 35.9 Å². The molecular weight excluding hydrogens is 471 g/mol. The average Bonchev–Trinajstić information content (AvgIpc) is 2.86. The van der Waals surface area contributed by atoms with Crippen LogP contribution < -0.4 is 15.8 Å². The van der Waals surface area contributed by atoms with E-state index >= 15 is 0 Å². The van der Waals surface area contributed by atoms with Crippen molar-refractivity contribution in [1.29, 1.82) is 0 Å². The predicted octanol–water partition coefficient (Wildman–Crippen LogP) is 4.46. The maximum Gasteiger partial charge on any atom is 0.251 e. The number of benzene rings is 2. The Kier molecular flexibility index (Phi) is 8.06. The maximum atomic E-state index is 12.4. The molecule has 34 heavy (non-hydrogen) atoms. The highest BCUT2D eigenvalue weighted by Gasteiger charge is 2.19. The predicted molar refractivity (Wildman–Crippen MR) is 139 cm³/mol. The molecule has 6 nitrogen and oxygen atoms in total. The Labute approximate surface area is 208 Å². The number of pyridine rings is 1. The first-order valence-corrected chi connectivity index (χ1v) is 11.9. The van der Waals surface area contributed by atoms with E-state index in [1.54, 1.807) is 24.3 Å². The number of carbonyl (C=O) groups is 1. The normalized spacial score (nSPS) is 14.5. The largest absolute Gasteiger partial charge is 0.368 e. The molecule has 0 atom stereocenters. The summed E-state index contributed by atoms with van der Waals surface area (Å²) < 4.78 is 0. The zero-order chi connectivity index (χ0) is 23.9. The molecule has 1 aliphatic heterocycles. The fourth-order valence-electron chi connectivity index (χ4n) is 3.89. The minimum atomic E-state index is -0.154. The van der Waals surface area contributed by atoms with Gasteiger partial charge < -0.3 is 15.2 Å². The molecule has 4 rings (SSSR count). The maximum absolute atomic E-state index is 12.4. The first-order valence-electron chi connectivity index (χ1n) is 11.2. The fraction of sp³-hybridized carbons (Fsp3) is 0.231. The summed E-state index contributed by atoms with van der Waals surface area (Å²) in [4.78, 5) is 31.3. The number of amides is 1. The summed E-state index contributed by atoms with van der Waals surface area (Å²) in [5, 5.41) is 4.10. The number of nitrogens with zero attached hydrogens (tertiary/aromatic N) is 2. The zero-order valence-corrected chi connectivity index (χ0v) is 20.1. The van der Waals surface area contributed by atoms with Gasteiger partial charge in [-0.2, -0.15) is 0 Å². The Morgan fingerprint density at radius 2 is 1.68 bits per heavy atom.